The highest BCUT2D eigenvalue weighted by Gasteiger charge is 2.44. The number of H-pyrrole nitrogens is 1. The van der Waals surface area contributed by atoms with Crippen molar-refractivity contribution in [2.75, 3.05) is 20.2 Å². The number of nitrogens with zero attached hydrogens (tertiary/aromatic N) is 1. The summed E-state index contributed by atoms with van der Waals surface area (Å²) in [4.78, 5) is 29.3. The lowest BCUT2D eigenvalue weighted by Gasteiger charge is -2.35. The zero-order chi connectivity index (χ0) is 20.5. The van der Waals surface area contributed by atoms with Crippen LogP contribution in [0.3, 0.4) is 0 Å². The number of hydrogen-bond acceptors (Lipinski definition) is 5. The summed E-state index contributed by atoms with van der Waals surface area (Å²) < 4.78 is 10.7. The summed E-state index contributed by atoms with van der Waals surface area (Å²) >= 11 is 0. The fourth-order valence-corrected chi connectivity index (χ4v) is 4.50. The summed E-state index contributed by atoms with van der Waals surface area (Å²) in [7, 11) is 1.34. The molecule has 4 rings (SSSR count). The summed E-state index contributed by atoms with van der Waals surface area (Å²) in [6.07, 6.45) is 2.18. The van der Waals surface area contributed by atoms with E-state index in [0.29, 0.717) is 48.7 Å². The van der Waals surface area contributed by atoms with Crippen molar-refractivity contribution in [2.45, 2.75) is 32.0 Å². The lowest BCUT2D eigenvalue weighted by atomic mass is 9.78. The van der Waals surface area contributed by atoms with Gasteiger partial charge in [-0.15, -0.1) is 0 Å². The number of aliphatic hydroxyl groups is 1. The smallest absolute Gasteiger partial charge is 0.337 e. The van der Waals surface area contributed by atoms with E-state index < -0.39 is 12.1 Å². The van der Waals surface area contributed by atoms with E-state index in [2.05, 4.69) is 4.98 Å². The molecule has 154 valence electrons. The third kappa shape index (κ3) is 3.87. The van der Waals surface area contributed by atoms with Crippen LogP contribution in [-0.2, 0) is 4.74 Å². The molecule has 29 heavy (non-hydrogen) atoms. The zero-order valence-corrected chi connectivity index (χ0v) is 16.6. The monoisotopic (exact) mass is 398 g/mol. The minimum Gasteiger partial charge on any atom is -0.488 e. The minimum atomic E-state index is -0.583. The SMILES string of the molecule is COC(=O)c1ccc(O[C@H]2C[C@@H]3CN(C(=O)c4cc[nH]c4C)C[C@@H]3C[C@@H]2O)cc1. The Bertz CT molecular complexity index is 891. The van der Waals surface area contributed by atoms with Gasteiger partial charge in [0.25, 0.3) is 5.91 Å². The van der Waals surface area contributed by atoms with Crippen molar-refractivity contribution >= 4 is 11.9 Å². The molecule has 1 aromatic heterocycles. The quantitative estimate of drug-likeness (QED) is 0.772. The van der Waals surface area contributed by atoms with Crippen LogP contribution >= 0.6 is 0 Å². The van der Waals surface area contributed by atoms with E-state index in [1.165, 1.54) is 7.11 Å². The van der Waals surface area contributed by atoms with Gasteiger partial charge in [-0.2, -0.15) is 0 Å². The lowest BCUT2D eigenvalue weighted by molar-refractivity contribution is -0.0231. The molecule has 0 unspecified atom stereocenters. The second-order valence-electron chi connectivity index (χ2n) is 7.96. The number of esters is 1. The Morgan fingerprint density at radius 1 is 1.10 bits per heavy atom. The number of hydrogen-bond donors (Lipinski definition) is 2. The Morgan fingerprint density at radius 2 is 1.79 bits per heavy atom. The van der Waals surface area contributed by atoms with Gasteiger partial charge >= 0.3 is 5.97 Å². The minimum absolute atomic E-state index is 0.0449. The van der Waals surface area contributed by atoms with Gasteiger partial charge in [-0.1, -0.05) is 0 Å². The third-order valence-corrected chi connectivity index (χ3v) is 6.12. The van der Waals surface area contributed by atoms with Gasteiger partial charge < -0.3 is 24.5 Å². The highest BCUT2D eigenvalue weighted by Crippen LogP contribution is 2.38. The fraction of sp³-hybridized carbons (Fsp3) is 0.455. The Hall–Kier alpha value is -2.80. The van der Waals surface area contributed by atoms with Crippen molar-refractivity contribution in [1.29, 1.82) is 0 Å². The van der Waals surface area contributed by atoms with Crippen LogP contribution in [-0.4, -0.2) is 59.3 Å². The van der Waals surface area contributed by atoms with E-state index in [1.54, 1.807) is 30.5 Å². The van der Waals surface area contributed by atoms with Gasteiger partial charge in [-0.05, 0) is 61.9 Å². The molecular formula is C22H26N2O5. The number of benzene rings is 1. The Morgan fingerprint density at radius 3 is 2.41 bits per heavy atom. The predicted octanol–water partition coefficient (Wildman–Crippen LogP) is 2.40. The van der Waals surface area contributed by atoms with Crippen molar-refractivity contribution in [1.82, 2.24) is 9.88 Å². The summed E-state index contributed by atoms with van der Waals surface area (Å²) in [5.74, 6) is 0.846. The number of carbonyl (C=O) groups is 2. The number of aryl methyl sites for hydroxylation is 1. The number of aromatic amines is 1. The molecule has 1 amide bonds. The standard InChI is InChI=1S/C22H26N2O5/c1-13-18(7-8-23-13)21(26)24-11-15-9-19(25)20(10-16(15)12-24)29-17-5-3-14(4-6-17)22(27)28-2/h3-8,15-16,19-20,23,25H,9-12H2,1-2H3/t15-,16+,19-,20-/m0/s1. The van der Waals surface area contributed by atoms with Gasteiger partial charge in [-0.25, -0.2) is 4.79 Å². The van der Waals surface area contributed by atoms with Gasteiger partial charge in [-0.3, -0.25) is 4.79 Å². The van der Waals surface area contributed by atoms with Gasteiger partial charge in [0.05, 0.1) is 24.3 Å². The Balaban J connectivity index is 1.40. The normalized spacial score (nSPS) is 26.1. The first-order chi connectivity index (χ1) is 14.0. The van der Waals surface area contributed by atoms with E-state index in [1.807, 2.05) is 17.9 Å². The first-order valence-electron chi connectivity index (χ1n) is 9.92. The van der Waals surface area contributed by atoms with Crippen LogP contribution in [0.1, 0.15) is 39.3 Å². The van der Waals surface area contributed by atoms with Gasteiger partial charge in [0.1, 0.15) is 11.9 Å². The van der Waals surface area contributed by atoms with Crippen LogP contribution < -0.4 is 4.74 Å². The van der Waals surface area contributed by atoms with Crippen LogP contribution in [0.2, 0.25) is 0 Å². The summed E-state index contributed by atoms with van der Waals surface area (Å²) in [6.45, 7) is 3.25. The number of aromatic nitrogens is 1. The molecule has 1 aliphatic carbocycles. The van der Waals surface area contributed by atoms with E-state index in [0.717, 1.165) is 5.69 Å². The number of likely N-dealkylation sites (tertiary alicyclic amines) is 1. The molecule has 4 atom stereocenters. The zero-order valence-electron chi connectivity index (χ0n) is 16.6. The molecule has 2 aliphatic rings. The second-order valence-corrected chi connectivity index (χ2v) is 7.96. The lowest BCUT2D eigenvalue weighted by Crippen LogP contribution is -2.42. The number of carbonyl (C=O) groups excluding carboxylic acids is 2. The largest absolute Gasteiger partial charge is 0.488 e. The van der Waals surface area contributed by atoms with Crippen LogP contribution in [0.15, 0.2) is 36.5 Å². The second kappa shape index (κ2) is 7.91. The number of amides is 1. The van der Waals surface area contributed by atoms with E-state index in [-0.39, 0.29) is 17.9 Å². The van der Waals surface area contributed by atoms with Crippen molar-refractivity contribution in [3.63, 3.8) is 0 Å². The molecule has 1 aromatic carbocycles. The van der Waals surface area contributed by atoms with E-state index in [9.17, 15) is 14.7 Å². The molecule has 7 heteroatoms. The molecule has 0 spiro atoms. The first-order valence-corrected chi connectivity index (χ1v) is 9.92. The molecule has 2 fully saturated rings. The number of aliphatic hydroxyl groups excluding tert-OH is 1. The third-order valence-electron chi connectivity index (χ3n) is 6.12. The summed E-state index contributed by atoms with van der Waals surface area (Å²) in [5, 5.41) is 10.6. The number of fused-ring (bicyclic) bond motifs is 1. The molecule has 0 radical (unpaired) electrons. The van der Waals surface area contributed by atoms with Gasteiger partial charge in [0.15, 0.2) is 0 Å². The first kappa shape index (κ1) is 19.5. The van der Waals surface area contributed by atoms with Crippen LogP contribution in [0, 0.1) is 18.8 Å². The molecule has 2 N–H and O–H groups in total. The summed E-state index contributed by atoms with van der Waals surface area (Å²) in [5.41, 5.74) is 2.04. The fourth-order valence-electron chi connectivity index (χ4n) is 4.50. The van der Waals surface area contributed by atoms with Crippen molar-refractivity contribution in [3.8, 4) is 5.75 Å². The average molecular weight is 398 g/mol. The van der Waals surface area contributed by atoms with Crippen molar-refractivity contribution < 1.29 is 24.2 Å². The predicted molar refractivity (Wildman–Crippen MR) is 106 cm³/mol. The molecule has 2 heterocycles. The van der Waals surface area contributed by atoms with Crippen molar-refractivity contribution in [2.24, 2.45) is 11.8 Å². The highest BCUT2D eigenvalue weighted by atomic mass is 16.5. The highest BCUT2D eigenvalue weighted by molar-refractivity contribution is 5.95. The molecule has 2 aromatic rings. The van der Waals surface area contributed by atoms with Crippen molar-refractivity contribution in [3.05, 3.63) is 53.3 Å². The number of nitrogens with one attached hydrogen (secondary N) is 1. The maximum atomic E-state index is 12.8. The van der Waals surface area contributed by atoms with E-state index >= 15 is 0 Å². The number of methoxy groups -OCH3 is 1. The number of rotatable bonds is 4. The van der Waals surface area contributed by atoms with Gasteiger partial charge in [0, 0.05) is 25.0 Å². The van der Waals surface area contributed by atoms with Crippen LogP contribution in [0.25, 0.3) is 0 Å². The van der Waals surface area contributed by atoms with Crippen LogP contribution in [0.5, 0.6) is 5.75 Å². The molecular weight excluding hydrogens is 372 g/mol. The molecule has 7 nitrogen and oxygen atoms in total. The summed E-state index contributed by atoms with van der Waals surface area (Å²) in [6, 6.07) is 8.54. The Labute approximate surface area is 169 Å². The molecule has 0 bridgehead atoms. The average Bonchev–Trinajstić information content (AvgIpc) is 3.33. The van der Waals surface area contributed by atoms with Gasteiger partial charge in [0.2, 0.25) is 0 Å². The molecule has 1 aliphatic heterocycles. The number of ether oxygens (including phenoxy) is 2. The Kier molecular flexibility index (Phi) is 5.32. The van der Waals surface area contributed by atoms with E-state index in [4.69, 9.17) is 9.47 Å². The maximum absolute atomic E-state index is 12.8. The topological polar surface area (TPSA) is 91.9 Å². The van der Waals surface area contributed by atoms with Crippen LogP contribution in [0.4, 0.5) is 0 Å². The molecule has 1 saturated heterocycles. The molecule has 1 saturated carbocycles. The maximum Gasteiger partial charge on any atom is 0.337 e.